The van der Waals surface area contributed by atoms with Crippen LogP contribution in [0.3, 0.4) is 0 Å². The molecule has 3 nitrogen and oxygen atoms in total. The lowest BCUT2D eigenvalue weighted by atomic mass is 10.0. The van der Waals surface area contributed by atoms with E-state index in [1.165, 1.54) is 18.5 Å². The van der Waals surface area contributed by atoms with Gasteiger partial charge in [-0.1, -0.05) is 6.07 Å². The van der Waals surface area contributed by atoms with Crippen molar-refractivity contribution in [3.63, 3.8) is 0 Å². The third-order valence-electron chi connectivity index (χ3n) is 3.07. The molecule has 1 aromatic carbocycles. The molecule has 0 bridgehead atoms. The van der Waals surface area contributed by atoms with Crippen LogP contribution in [0.1, 0.15) is 5.56 Å². The minimum Gasteiger partial charge on any atom is -0.399 e. The first-order valence-electron chi connectivity index (χ1n) is 5.86. The molecule has 20 heavy (non-hydrogen) atoms. The van der Waals surface area contributed by atoms with Gasteiger partial charge < -0.3 is 10.7 Å². The summed E-state index contributed by atoms with van der Waals surface area (Å²) in [6.07, 6.45) is -1.43. The minimum absolute atomic E-state index is 0.109. The molecule has 3 aromatic rings. The number of benzene rings is 1. The lowest BCUT2D eigenvalue weighted by Gasteiger charge is -2.09. The second-order valence-corrected chi connectivity index (χ2v) is 4.40. The molecule has 0 saturated heterocycles. The van der Waals surface area contributed by atoms with E-state index < -0.39 is 11.7 Å². The maximum Gasteiger partial charge on any atom is 0.417 e. The van der Waals surface area contributed by atoms with Gasteiger partial charge in [-0.25, -0.2) is 0 Å². The number of H-pyrrole nitrogens is 1. The maximum absolute atomic E-state index is 13.1. The van der Waals surface area contributed by atoms with Gasteiger partial charge in [-0.05, 0) is 24.3 Å². The second kappa shape index (κ2) is 4.26. The average Bonchev–Trinajstić information content (AvgIpc) is 2.81. The van der Waals surface area contributed by atoms with Crippen molar-refractivity contribution in [2.45, 2.75) is 6.18 Å². The summed E-state index contributed by atoms with van der Waals surface area (Å²) in [5.41, 5.74) is 6.64. The van der Waals surface area contributed by atoms with Crippen LogP contribution in [0.15, 0.2) is 42.7 Å². The van der Waals surface area contributed by atoms with Crippen LogP contribution in [0, 0.1) is 0 Å². The smallest absolute Gasteiger partial charge is 0.399 e. The molecule has 0 unspecified atom stereocenters. The number of alkyl halides is 3. The molecule has 0 radical (unpaired) electrons. The molecule has 2 aromatic heterocycles. The van der Waals surface area contributed by atoms with Crippen molar-refractivity contribution in [1.82, 2.24) is 9.97 Å². The van der Waals surface area contributed by atoms with Crippen molar-refractivity contribution in [3.8, 4) is 11.3 Å². The van der Waals surface area contributed by atoms with E-state index in [1.807, 2.05) is 0 Å². The van der Waals surface area contributed by atoms with Gasteiger partial charge in [0.1, 0.15) is 0 Å². The van der Waals surface area contributed by atoms with Gasteiger partial charge in [-0.15, -0.1) is 0 Å². The highest BCUT2D eigenvalue weighted by atomic mass is 19.4. The Morgan fingerprint density at radius 2 is 1.95 bits per heavy atom. The van der Waals surface area contributed by atoms with Crippen LogP contribution in [-0.2, 0) is 6.18 Å². The Morgan fingerprint density at radius 3 is 2.65 bits per heavy atom. The Balaban J connectivity index is 2.33. The van der Waals surface area contributed by atoms with Gasteiger partial charge >= 0.3 is 6.18 Å². The van der Waals surface area contributed by atoms with Crippen molar-refractivity contribution in [2.75, 3.05) is 5.73 Å². The summed E-state index contributed by atoms with van der Waals surface area (Å²) in [5.74, 6) is 0. The van der Waals surface area contributed by atoms with Gasteiger partial charge in [0.05, 0.1) is 11.3 Å². The highest BCUT2D eigenvalue weighted by Crippen LogP contribution is 2.39. The average molecular weight is 277 g/mol. The van der Waals surface area contributed by atoms with Crippen LogP contribution in [0.2, 0.25) is 0 Å². The van der Waals surface area contributed by atoms with E-state index >= 15 is 0 Å². The third kappa shape index (κ3) is 1.99. The Morgan fingerprint density at radius 1 is 1.15 bits per heavy atom. The Hall–Kier alpha value is -2.50. The molecule has 0 saturated carbocycles. The quantitative estimate of drug-likeness (QED) is 0.710. The maximum atomic E-state index is 13.1. The van der Waals surface area contributed by atoms with Gasteiger partial charge in [0.15, 0.2) is 0 Å². The fourth-order valence-corrected chi connectivity index (χ4v) is 2.22. The van der Waals surface area contributed by atoms with Crippen LogP contribution in [-0.4, -0.2) is 9.97 Å². The summed E-state index contributed by atoms with van der Waals surface area (Å²) in [6, 6.07) is 7.17. The first-order chi connectivity index (χ1) is 9.47. The molecule has 6 heteroatoms. The monoisotopic (exact) mass is 277 g/mol. The first kappa shape index (κ1) is 12.5. The Bertz CT molecular complexity index is 775. The van der Waals surface area contributed by atoms with E-state index in [0.717, 1.165) is 6.07 Å². The number of hydrogen-bond donors (Lipinski definition) is 2. The zero-order valence-corrected chi connectivity index (χ0v) is 10.2. The van der Waals surface area contributed by atoms with Crippen LogP contribution in [0.5, 0.6) is 0 Å². The zero-order chi connectivity index (χ0) is 14.3. The number of hydrogen-bond acceptors (Lipinski definition) is 2. The Kier molecular flexibility index (Phi) is 2.67. The number of nitrogen functional groups attached to an aromatic ring is 1. The number of anilines is 1. The summed E-state index contributed by atoms with van der Waals surface area (Å²) in [7, 11) is 0. The molecule has 0 fully saturated rings. The first-order valence-corrected chi connectivity index (χ1v) is 5.86. The topological polar surface area (TPSA) is 54.7 Å². The van der Waals surface area contributed by atoms with Gasteiger partial charge in [0.25, 0.3) is 0 Å². The number of rotatable bonds is 1. The van der Waals surface area contributed by atoms with Gasteiger partial charge in [0.2, 0.25) is 0 Å². The van der Waals surface area contributed by atoms with E-state index in [2.05, 4.69) is 9.97 Å². The SMILES string of the molecule is Nc1ccnc(-c2c[nH]c3cccc(C(F)(F)F)c23)c1. The van der Waals surface area contributed by atoms with Crippen LogP contribution in [0.4, 0.5) is 18.9 Å². The number of pyridine rings is 1. The van der Waals surface area contributed by atoms with Crippen LogP contribution in [0.25, 0.3) is 22.2 Å². The predicted molar refractivity (Wildman–Crippen MR) is 70.9 cm³/mol. The lowest BCUT2D eigenvalue weighted by Crippen LogP contribution is -2.05. The molecule has 0 amide bonds. The van der Waals surface area contributed by atoms with Crippen molar-refractivity contribution < 1.29 is 13.2 Å². The summed E-state index contributed by atoms with van der Waals surface area (Å²) in [6.45, 7) is 0. The van der Waals surface area contributed by atoms with E-state index in [-0.39, 0.29) is 5.39 Å². The van der Waals surface area contributed by atoms with E-state index in [0.29, 0.717) is 22.5 Å². The molecule has 3 rings (SSSR count). The highest BCUT2D eigenvalue weighted by Gasteiger charge is 2.33. The summed E-state index contributed by atoms with van der Waals surface area (Å²) >= 11 is 0. The molecular weight excluding hydrogens is 267 g/mol. The molecule has 102 valence electrons. The van der Waals surface area contributed by atoms with E-state index in [4.69, 9.17) is 5.73 Å². The summed E-state index contributed by atoms with van der Waals surface area (Å²) in [5, 5.41) is 0.109. The molecule has 0 atom stereocenters. The molecule has 0 spiro atoms. The normalized spacial score (nSPS) is 11.9. The van der Waals surface area contributed by atoms with Crippen molar-refractivity contribution >= 4 is 16.6 Å². The number of aromatic amines is 1. The minimum atomic E-state index is -4.42. The number of aromatic nitrogens is 2. The van der Waals surface area contributed by atoms with E-state index in [1.54, 1.807) is 18.2 Å². The number of nitrogens with zero attached hydrogens (tertiary/aromatic N) is 1. The zero-order valence-electron chi connectivity index (χ0n) is 10.2. The summed E-state index contributed by atoms with van der Waals surface area (Å²) < 4.78 is 39.3. The van der Waals surface area contributed by atoms with Crippen molar-refractivity contribution in [1.29, 1.82) is 0 Å². The number of nitrogens with one attached hydrogen (secondary N) is 1. The van der Waals surface area contributed by atoms with Crippen LogP contribution >= 0.6 is 0 Å². The molecule has 2 heterocycles. The fraction of sp³-hybridized carbons (Fsp3) is 0.0714. The van der Waals surface area contributed by atoms with Gasteiger partial charge in [-0.2, -0.15) is 13.2 Å². The highest BCUT2D eigenvalue weighted by molar-refractivity contribution is 5.97. The van der Waals surface area contributed by atoms with Crippen LogP contribution < -0.4 is 5.73 Å². The fourth-order valence-electron chi connectivity index (χ4n) is 2.22. The van der Waals surface area contributed by atoms with E-state index in [9.17, 15) is 13.2 Å². The third-order valence-corrected chi connectivity index (χ3v) is 3.07. The van der Waals surface area contributed by atoms with Crippen molar-refractivity contribution in [2.24, 2.45) is 0 Å². The standard InChI is InChI=1S/C14H10F3N3/c15-14(16,17)10-2-1-3-11-13(10)9(7-20-11)12-6-8(18)4-5-19-12/h1-7,20H,(H2,18,19). The Labute approximate surface area is 112 Å². The molecule has 0 aliphatic rings. The molecule has 3 N–H and O–H groups in total. The van der Waals surface area contributed by atoms with Crippen molar-refractivity contribution in [3.05, 3.63) is 48.3 Å². The largest absolute Gasteiger partial charge is 0.417 e. The number of fused-ring (bicyclic) bond motifs is 1. The van der Waals surface area contributed by atoms with Gasteiger partial charge in [0, 0.05) is 34.5 Å². The predicted octanol–water partition coefficient (Wildman–Crippen LogP) is 3.83. The lowest BCUT2D eigenvalue weighted by molar-refractivity contribution is -0.136. The number of halogens is 3. The molecule has 0 aliphatic carbocycles. The molecular formula is C14H10F3N3. The second-order valence-electron chi connectivity index (χ2n) is 4.40. The molecule has 0 aliphatic heterocycles. The summed E-state index contributed by atoms with van der Waals surface area (Å²) in [4.78, 5) is 6.93. The van der Waals surface area contributed by atoms with Gasteiger partial charge in [-0.3, -0.25) is 4.98 Å². The number of nitrogens with two attached hydrogens (primary N) is 1.